The maximum Gasteiger partial charge on any atom is 0.340 e. The third kappa shape index (κ3) is 2.05. The van der Waals surface area contributed by atoms with Crippen molar-refractivity contribution in [2.75, 3.05) is 14.2 Å². The lowest BCUT2D eigenvalue weighted by atomic mass is 10.2. The minimum absolute atomic E-state index is 0.257. The molecule has 0 saturated carbocycles. The molecule has 0 aliphatic carbocycles. The fraction of sp³-hybridized carbons (Fsp3) is 0.455. The first-order chi connectivity index (χ1) is 7.74. The number of pyridine rings is 1. The Balaban J connectivity index is 2.16. The normalized spacial score (nSPS) is 14.1. The van der Waals surface area contributed by atoms with Crippen molar-refractivity contribution in [1.29, 1.82) is 0 Å². The molecule has 5 nitrogen and oxygen atoms in total. The van der Waals surface area contributed by atoms with Crippen molar-refractivity contribution >= 4 is 5.97 Å². The average molecular weight is 223 g/mol. The van der Waals surface area contributed by atoms with Gasteiger partial charge in [0.05, 0.1) is 11.3 Å². The summed E-state index contributed by atoms with van der Waals surface area (Å²) in [5.74, 6) is -0.302. The predicted molar refractivity (Wildman–Crippen MR) is 54.9 cm³/mol. The van der Waals surface area contributed by atoms with Crippen LogP contribution in [0, 0.1) is 0 Å². The number of ether oxygens (including phenoxy) is 3. The first kappa shape index (κ1) is 11.0. The Hall–Kier alpha value is -1.46. The summed E-state index contributed by atoms with van der Waals surface area (Å²) in [6, 6.07) is 3.52. The zero-order valence-corrected chi connectivity index (χ0v) is 9.23. The van der Waals surface area contributed by atoms with Crippen LogP contribution in [0.25, 0.3) is 0 Å². The van der Waals surface area contributed by atoms with E-state index in [1.807, 2.05) is 0 Å². The summed E-state index contributed by atoms with van der Waals surface area (Å²) in [6.45, 7) is 0.257. The molecule has 0 unspecified atom stereocenters. The van der Waals surface area contributed by atoms with Crippen LogP contribution in [0.3, 0.4) is 0 Å². The number of hydrogen-bond acceptors (Lipinski definition) is 5. The van der Waals surface area contributed by atoms with E-state index in [2.05, 4.69) is 4.98 Å². The van der Waals surface area contributed by atoms with E-state index < -0.39 is 0 Å². The van der Waals surface area contributed by atoms with Crippen LogP contribution in [0.5, 0.6) is 0 Å². The monoisotopic (exact) mass is 223 g/mol. The molecule has 0 amide bonds. The summed E-state index contributed by atoms with van der Waals surface area (Å²) in [7, 11) is 3.16. The summed E-state index contributed by atoms with van der Waals surface area (Å²) in [5.41, 5.74) is 2.06. The summed E-state index contributed by atoms with van der Waals surface area (Å²) >= 11 is 0. The van der Waals surface area contributed by atoms with Gasteiger partial charge in [0, 0.05) is 26.3 Å². The van der Waals surface area contributed by atoms with Crippen molar-refractivity contribution in [3.8, 4) is 0 Å². The molecule has 16 heavy (non-hydrogen) atoms. The minimum atomic E-state index is -0.316. The van der Waals surface area contributed by atoms with Crippen LogP contribution in [-0.2, 0) is 27.2 Å². The maximum absolute atomic E-state index is 11.2. The zero-order valence-electron chi connectivity index (χ0n) is 9.23. The van der Waals surface area contributed by atoms with E-state index in [0.717, 1.165) is 5.69 Å². The number of hydrogen-bond donors (Lipinski definition) is 0. The van der Waals surface area contributed by atoms with E-state index in [-0.39, 0.29) is 18.9 Å². The third-order valence-corrected chi connectivity index (χ3v) is 2.49. The lowest BCUT2D eigenvalue weighted by molar-refractivity contribution is -0.101. The van der Waals surface area contributed by atoms with E-state index in [9.17, 15) is 4.79 Å². The van der Waals surface area contributed by atoms with Gasteiger partial charge in [-0.1, -0.05) is 0 Å². The first-order valence-electron chi connectivity index (χ1n) is 4.96. The molecule has 0 saturated heterocycles. The Kier molecular flexibility index (Phi) is 3.17. The van der Waals surface area contributed by atoms with Crippen LogP contribution in [0.15, 0.2) is 12.1 Å². The summed E-state index contributed by atoms with van der Waals surface area (Å²) in [6.07, 6.45) is 0.234. The van der Waals surface area contributed by atoms with E-state index in [0.29, 0.717) is 17.7 Å². The van der Waals surface area contributed by atoms with Gasteiger partial charge in [-0.25, -0.2) is 4.79 Å². The highest BCUT2D eigenvalue weighted by atomic mass is 16.7. The Bertz CT molecular complexity index is 401. The van der Waals surface area contributed by atoms with Crippen molar-refractivity contribution in [1.82, 2.24) is 4.98 Å². The number of rotatable bonds is 4. The van der Waals surface area contributed by atoms with E-state index in [4.69, 9.17) is 14.2 Å². The van der Waals surface area contributed by atoms with Gasteiger partial charge in [0.2, 0.25) is 0 Å². The standard InChI is InChI=1S/C11H13NO4/c1-14-10(15-2)5-7-3-4-8-9(12-7)6-16-11(8)13/h3-4,10H,5-6H2,1-2H3. The molecule has 0 fully saturated rings. The highest BCUT2D eigenvalue weighted by Crippen LogP contribution is 2.18. The van der Waals surface area contributed by atoms with Crippen LogP contribution in [0.4, 0.5) is 0 Å². The van der Waals surface area contributed by atoms with Crippen LogP contribution in [-0.4, -0.2) is 31.5 Å². The highest BCUT2D eigenvalue weighted by Gasteiger charge is 2.22. The fourth-order valence-electron chi connectivity index (χ4n) is 1.60. The molecule has 2 heterocycles. The van der Waals surface area contributed by atoms with Crippen LogP contribution >= 0.6 is 0 Å². The third-order valence-electron chi connectivity index (χ3n) is 2.49. The molecular formula is C11H13NO4. The summed E-state index contributed by atoms with van der Waals surface area (Å²) in [4.78, 5) is 15.5. The molecule has 0 aromatic carbocycles. The summed E-state index contributed by atoms with van der Waals surface area (Å²) < 4.78 is 15.0. The molecule has 0 N–H and O–H groups in total. The molecule has 1 aliphatic heterocycles. The Morgan fingerprint density at radius 2 is 2.19 bits per heavy atom. The van der Waals surface area contributed by atoms with Gasteiger partial charge in [-0.2, -0.15) is 0 Å². The minimum Gasteiger partial charge on any atom is -0.456 e. The van der Waals surface area contributed by atoms with Gasteiger partial charge >= 0.3 is 5.97 Å². The molecule has 2 rings (SSSR count). The molecule has 0 bridgehead atoms. The number of fused-ring (bicyclic) bond motifs is 1. The molecule has 5 heteroatoms. The van der Waals surface area contributed by atoms with Crippen molar-refractivity contribution < 1.29 is 19.0 Å². The number of cyclic esters (lactones) is 1. The topological polar surface area (TPSA) is 57.7 Å². The summed E-state index contributed by atoms with van der Waals surface area (Å²) in [5, 5.41) is 0. The second kappa shape index (κ2) is 4.59. The molecule has 1 aromatic heterocycles. The molecule has 0 spiro atoms. The van der Waals surface area contributed by atoms with E-state index >= 15 is 0 Å². The first-order valence-corrected chi connectivity index (χ1v) is 4.96. The van der Waals surface area contributed by atoms with Crippen LogP contribution in [0.1, 0.15) is 21.7 Å². The van der Waals surface area contributed by atoms with Gasteiger partial charge < -0.3 is 14.2 Å². The smallest absolute Gasteiger partial charge is 0.340 e. The van der Waals surface area contributed by atoms with Crippen molar-refractivity contribution in [2.45, 2.75) is 19.3 Å². The number of methoxy groups -OCH3 is 2. The van der Waals surface area contributed by atoms with Crippen LogP contribution < -0.4 is 0 Å². The van der Waals surface area contributed by atoms with Gasteiger partial charge in [-0.05, 0) is 12.1 Å². The number of esters is 1. The fourth-order valence-corrected chi connectivity index (χ4v) is 1.60. The molecule has 0 atom stereocenters. The Labute approximate surface area is 93.3 Å². The van der Waals surface area contributed by atoms with Gasteiger partial charge in [0.25, 0.3) is 0 Å². The van der Waals surface area contributed by atoms with Crippen molar-refractivity contribution in [3.63, 3.8) is 0 Å². The number of aromatic nitrogens is 1. The van der Waals surface area contributed by atoms with E-state index in [1.54, 1.807) is 26.4 Å². The lowest BCUT2D eigenvalue weighted by Crippen LogP contribution is -2.17. The molecule has 1 aromatic rings. The Morgan fingerprint density at radius 1 is 1.44 bits per heavy atom. The van der Waals surface area contributed by atoms with Gasteiger partial charge in [-0.3, -0.25) is 4.98 Å². The predicted octanol–water partition coefficient (Wildman–Crippen LogP) is 0.913. The number of nitrogens with zero attached hydrogens (tertiary/aromatic N) is 1. The SMILES string of the molecule is COC(Cc1ccc2c(n1)COC2=O)OC. The lowest BCUT2D eigenvalue weighted by Gasteiger charge is -2.12. The number of carbonyl (C=O) groups is 1. The largest absolute Gasteiger partial charge is 0.456 e. The Morgan fingerprint density at radius 3 is 2.88 bits per heavy atom. The van der Waals surface area contributed by atoms with Crippen LogP contribution in [0.2, 0.25) is 0 Å². The zero-order chi connectivity index (χ0) is 11.5. The quantitative estimate of drug-likeness (QED) is 0.561. The maximum atomic E-state index is 11.2. The second-order valence-corrected chi connectivity index (χ2v) is 3.48. The molecule has 0 radical (unpaired) electrons. The van der Waals surface area contributed by atoms with Gasteiger partial charge in [0.15, 0.2) is 6.29 Å². The van der Waals surface area contributed by atoms with Gasteiger partial charge in [-0.15, -0.1) is 0 Å². The van der Waals surface area contributed by atoms with Crippen molar-refractivity contribution in [2.24, 2.45) is 0 Å². The average Bonchev–Trinajstić information content (AvgIpc) is 2.68. The molecule has 86 valence electrons. The molecule has 1 aliphatic rings. The molecular weight excluding hydrogens is 210 g/mol. The van der Waals surface area contributed by atoms with E-state index in [1.165, 1.54) is 0 Å². The van der Waals surface area contributed by atoms with Gasteiger partial charge in [0.1, 0.15) is 6.61 Å². The van der Waals surface area contributed by atoms with Crippen molar-refractivity contribution in [3.05, 3.63) is 29.1 Å². The number of carbonyl (C=O) groups excluding carboxylic acids is 1. The second-order valence-electron chi connectivity index (χ2n) is 3.48. The highest BCUT2D eigenvalue weighted by molar-refractivity contribution is 5.92.